The molecule has 1 saturated carbocycles. The van der Waals surface area contributed by atoms with Crippen LogP contribution in [0.1, 0.15) is 31.7 Å². The van der Waals surface area contributed by atoms with Crippen LogP contribution in [0.2, 0.25) is 0 Å². The normalized spacial score (nSPS) is 16.4. The second-order valence-corrected chi connectivity index (χ2v) is 5.78. The van der Waals surface area contributed by atoms with Crippen molar-refractivity contribution < 1.29 is 14.2 Å². The molecule has 0 unspecified atom stereocenters. The predicted molar refractivity (Wildman–Crippen MR) is 79.8 cm³/mol. The molecule has 0 aromatic heterocycles. The first-order chi connectivity index (χ1) is 9.61. The summed E-state index contributed by atoms with van der Waals surface area (Å²) in [4.78, 5) is 0. The van der Waals surface area contributed by atoms with E-state index in [9.17, 15) is 0 Å². The highest BCUT2D eigenvalue weighted by Crippen LogP contribution is 2.40. The Morgan fingerprint density at radius 1 is 1.05 bits per heavy atom. The summed E-state index contributed by atoms with van der Waals surface area (Å²) in [5, 5.41) is 3.53. The molecule has 1 aromatic rings. The van der Waals surface area contributed by atoms with Crippen molar-refractivity contribution in [2.45, 2.75) is 32.7 Å². The largest absolute Gasteiger partial charge is 0.496 e. The second-order valence-electron chi connectivity index (χ2n) is 5.78. The Balaban J connectivity index is 2.08. The molecule has 4 heteroatoms. The fourth-order valence-corrected chi connectivity index (χ4v) is 2.70. The highest BCUT2D eigenvalue weighted by atomic mass is 16.5. The Labute approximate surface area is 121 Å². The molecule has 0 radical (unpaired) electrons. The molecule has 1 N–H and O–H groups in total. The summed E-state index contributed by atoms with van der Waals surface area (Å²) in [6.07, 6.45) is 3.99. The molecular formula is C16H25NO3. The maximum Gasteiger partial charge on any atom is 0.130 e. The van der Waals surface area contributed by atoms with Gasteiger partial charge in [-0.25, -0.2) is 0 Å². The summed E-state index contributed by atoms with van der Waals surface area (Å²) in [6.45, 7) is 4.11. The first-order valence-corrected chi connectivity index (χ1v) is 7.11. The van der Waals surface area contributed by atoms with Gasteiger partial charge in [-0.2, -0.15) is 0 Å². The van der Waals surface area contributed by atoms with Crippen LogP contribution in [0, 0.1) is 5.41 Å². The van der Waals surface area contributed by atoms with E-state index in [1.807, 2.05) is 12.1 Å². The van der Waals surface area contributed by atoms with E-state index in [2.05, 4.69) is 12.2 Å². The number of methoxy groups -OCH3 is 3. The lowest BCUT2D eigenvalue weighted by Crippen LogP contribution is -2.37. The lowest BCUT2D eigenvalue weighted by molar-refractivity contribution is 0.156. The molecule has 2 rings (SSSR count). The van der Waals surface area contributed by atoms with E-state index >= 15 is 0 Å². The minimum absolute atomic E-state index is 0.465. The number of hydrogen-bond donors (Lipinski definition) is 1. The lowest BCUT2D eigenvalue weighted by atomic mass is 9.70. The van der Waals surface area contributed by atoms with Gasteiger partial charge in [-0.3, -0.25) is 0 Å². The van der Waals surface area contributed by atoms with Gasteiger partial charge in [0.15, 0.2) is 0 Å². The third-order valence-corrected chi connectivity index (χ3v) is 4.23. The molecule has 0 heterocycles. The van der Waals surface area contributed by atoms with Crippen LogP contribution in [0.15, 0.2) is 12.1 Å². The van der Waals surface area contributed by atoms with Crippen LogP contribution >= 0.6 is 0 Å². The smallest absolute Gasteiger partial charge is 0.130 e. The molecule has 1 aromatic carbocycles. The van der Waals surface area contributed by atoms with Crippen molar-refractivity contribution in [3.8, 4) is 17.2 Å². The van der Waals surface area contributed by atoms with E-state index in [0.717, 1.165) is 35.9 Å². The molecule has 1 aliphatic rings. The number of rotatable bonds is 7. The van der Waals surface area contributed by atoms with Gasteiger partial charge >= 0.3 is 0 Å². The van der Waals surface area contributed by atoms with Gasteiger partial charge in [0.1, 0.15) is 17.2 Å². The number of hydrogen-bond acceptors (Lipinski definition) is 4. The van der Waals surface area contributed by atoms with Gasteiger partial charge in [0.05, 0.1) is 26.9 Å². The van der Waals surface area contributed by atoms with Gasteiger partial charge in [0, 0.05) is 25.2 Å². The van der Waals surface area contributed by atoms with E-state index in [0.29, 0.717) is 5.41 Å². The summed E-state index contributed by atoms with van der Waals surface area (Å²) in [5.41, 5.74) is 1.51. The van der Waals surface area contributed by atoms with E-state index in [1.165, 1.54) is 19.3 Å². The standard InChI is InChI=1S/C16H25NO3/c1-16(6-5-7-16)11-17-10-13-14(19-3)8-12(18-2)9-15(13)20-4/h8-9,17H,5-7,10-11H2,1-4H3. The lowest BCUT2D eigenvalue weighted by Gasteiger charge is -2.38. The molecule has 1 fully saturated rings. The monoisotopic (exact) mass is 279 g/mol. The topological polar surface area (TPSA) is 39.7 Å². The van der Waals surface area contributed by atoms with Crippen molar-refractivity contribution in [2.24, 2.45) is 5.41 Å². The Kier molecular flexibility index (Phi) is 4.76. The quantitative estimate of drug-likeness (QED) is 0.833. The number of nitrogens with one attached hydrogen (secondary N) is 1. The van der Waals surface area contributed by atoms with Gasteiger partial charge < -0.3 is 19.5 Å². The molecule has 0 bridgehead atoms. The first kappa shape index (κ1) is 15.0. The van der Waals surface area contributed by atoms with Gasteiger partial charge in [-0.1, -0.05) is 13.3 Å². The SMILES string of the molecule is COc1cc(OC)c(CNCC2(C)CCC2)c(OC)c1. The maximum atomic E-state index is 5.45. The van der Waals surface area contributed by atoms with Gasteiger partial charge in [-0.15, -0.1) is 0 Å². The molecule has 0 saturated heterocycles. The third kappa shape index (κ3) is 3.18. The highest BCUT2D eigenvalue weighted by Gasteiger charge is 2.31. The molecule has 4 nitrogen and oxygen atoms in total. The zero-order chi connectivity index (χ0) is 14.6. The fourth-order valence-electron chi connectivity index (χ4n) is 2.70. The third-order valence-electron chi connectivity index (χ3n) is 4.23. The van der Waals surface area contributed by atoms with Crippen molar-refractivity contribution in [1.82, 2.24) is 5.32 Å². The minimum Gasteiger partial charge on any atom is -0.496 e. The van der Waals surface area contributed by atoms with Crippen LogP contribution in [0.5, 0.6) is 17.2 Å². The van der Waals surface area contributed by atoms with Crippen LogP contribution < -0.4 is 19.5 Å². The van der Waals surface area contributed by atoms with Crippen LogP contribution in [0.25, 0.3) is 0 Å². The summed E-state index contributed by atoms with van der Waals surface area (Å²) >= 11 is 0. The zero-order valence-corrected chi connectivity index (χ0v) is 12.9. The Hall–Kier alpha value is -1.42. The summed E-state index contributed by atoms with van der Waals surface area (Å²) in [5.74, 6) is 2.34. The van der Waals surface area contributed by atoms with E-state index in [4.69, 9.17) is 14.2 Å². The van der Waals surface area contributed by atoms with Gasteiger partial charge in [-0.05, 0) is 18.3 Å². The van der Waals surface area contributed by atoms with Crippen molar-refractivity contribution in [3.63, 3.8) is 0 Å². The molecule has 20 heavy (non-hydrogen) atoms. The highest BCUT2D eigenvalue weighted by molar-refractivity contribution is 5.50. The first-order valence-electron chi connectivity index (χ1n) is 7.11. The van der Waals surface area contributed by atoms with Crippen molar-refractivity contribution in [2.75, 3.05) is 27.9 Å². The Bertz CT molecular complexity index is 430. The van der Waals surface area contributed by atoms with Crippen LogP contribution in [0.4, 0.5) is 0 Å². The average Bonchev–Trinajstić information content (AvgIpc) is 2.45. The van der Waals surface area contributed by atoms with Crippen LogP contribution in [0.3, 0.4) is 0 Å². The second kappa shape index (κ2) is 6.35. The molecule has 0 amide bonds. The van der Waals surface area contributed by atoms with Crippen LogP contribution in [-0.2, 0) is 6.54 Å². The molecule has 0 atom stereocenters. The molecular weight excluding hydrogens is 254 g/mol. The maximum absolute atomic E-state index is 5.45. The fraction of sp³-hybridized carbons (Fsp3) is 0.625. The summed E-state index contributed by atoms with van der Waals surface area (Å²) < 4.78 is 16.2. The molecule has 0 aliphatic heterocycles. The van der Waals surface area contributed by atoms with E-state index in [1.54, 1.807) is 21.3 Å². The molecule has 1 aliphatic carbocycles. The molecule has 112 valence electrons. The van der Waals surface area contributed by atoms with E-state index < -0.39 is 0 Å². The van der Waals surface area contributed by atoms with Crippen molar-refractivity contribution in [1.29, 1.82) is 0 Å². The number of benzene rings is 1. The van der Waals surface area contributed by atoms with Crippen molar-refractivity contribution in [3.05, 3.63) is 17.7 Å². The van der Waals surface area contributed by atoms with Gasteiger partial charge in [0.25, 0.3) is 0 Å². The molecule has 0 spiro atoms. The summed E-state index contributed by atoms with van der Waals surface area (Å²) in [6, 6.07) is 3.79. The van der Waals surface area contributed by atoms with Gasteiger partial charge in [0.2, 0.25) is 0 Å². The number of ether oxygens (including phenoxy) is 3. The zero-order valence-electron chi connectivity index (χ0n) is 12.9. The predicted octanol–water partition coefficient (Wildman–Crippen LogP) is 2.99. The Morgan fingerprint density at radius 2 is 1.65 bits per heavy atom. The van der Waals surface area contributed by atoms with Crippen LogP contribution in [-0.4, -0.2) is 27.9 Å². The van der Waals surface area contributed by atoms with Crippen molar-refractivity contribution >= 4 is 0 Å². The Morgan fingerprint density at radius 3 is 2.05 bits per heavy atom. The minimum atomic E-state index is 0.465. The van der Waals surface area contributed by atoms with E-state index in [-0.39, 0.29) is 0 Å². The summed E-state index contributed by atoms with van der Waals surface area (Å²) in [7, 11) is 4.99. The average molecular weight is 279 g/mol.